The van der Waals surface area contributed by atoms with Gasteiger partial charge in [0.05, 0.1) is 13.1 Å². The summed E-state index contributed by atoms with van der Waals surface area (Å²) in [7, 11) is 0. The van der Waals surface area contributed by atoms with E-state index in [0.717, 1.165) is 25.9 Å². The van der Waals surface area contributed by atoms with E-state index in [2.05, 4.69) is 10.6 Å². The van der Waals surface area contributed by atoms with Crippen LogP contribution in [0.4, 0.5) is 0 Å². The highest BCUT2D eigenvalue weighted by molar-refractivity contribution is 5.85. The fourth-order valence-electron chi connectivity index (χ4n) is 1.92. The van der Waals surface area contributed by atoms with E-state index in [0.29, 0.717) is 13.0 Å². The smallest absolute Gasteiger partial charge is 0.239 e. The summed E-state index contributed by atoms with van der Waals surface area (Å²) in [5, 5.41) is 4.95. The maximum absolute atomic E-state index is 11.8. The summed E-state index contributed by atoms with van der Waals surface area (Å²) in [4.78, 5) is 35.8. The number of piperidine rings is 1. The first kappa shape index (κ1) is 15.4. The molecule has 7 nitrogen and oxygen atoms in total. The average Bonchev–Trinajstić information content (AvgIpc) is 2.45. The number of hydrogen-bond donors (Lipinski definition) is 3. The van der Waals surface area contributed by atoms with Crippen LogP contribution in [0.5, 0.6) is 0 Å². The Kier molecular flexibility index (Phi) is 6.88. The minimum Gasteiger partial charge on any atom is -0.354 e. The molecule has 0 unspecified atom stereocenters. The van der Waals surface area contributed by atoms with Gasteiger partial charge >= 0.3 is 0 Å². The van der Waals surface area contributed by atoms with E-state index in [-0.39, 0.29) is 30.8 Å². The van der Waals surface area contributed by atoms with E-state index in [4.69, 9.17) is 5.73 Å². The molecule has 0 bridgehead atoms. The van der Waals surface area contributed by atoms with Crippen molar-refractivity contribution in [3.63, 3.8) is 0 Å². The predicted octanol–water partition coefficient (Wildman–Crippen LogP) is -1.42. The Hall–Kier alpha value is -1.63. The molecule has 0 radical (unpaired) electrons. The van der Waals surface area contributed by atoms with Gasteiger partial charge in [-0.1, -0.05) is 0 Å². The maximum atomic E-state index is 11.8. The van der Waals surface area contributed by atoms with Gasteiger partial charge in [0.1, 0.15) is 0 Å². The quantitative estimate of drug-likeness (QED) is 0.551. The topological polar surface area (TPSA) is 105 Å². The molecule has 1 rings (SSSR count). The summed E-state index contributed by atoms with van der Waals surface area (Å²) in [6.45, 7) is 1.69. The van der Waals surface area contributed by atoms with Crippen LogP contribution in [0.25, 0.3) is 0 Å². The van der Waals surface area contributed by atoms with Crippen molar-refractivity contribution in [3.05, 3.63) is 0 Å². The molecule has 1 heterocycles. The molecule has 7 heteroatoms. The lowest BCUT2D eigenvalue weighted by molar-refractivity contribution is -0.132. The van der Waals surface area contributed by atoms with Gasteiger partial charge in [-0.15, -0.1) is 0 Å². The molecule has 0 saturated carbocycles. The van der Waals surface area contributed by atoms with E-state index >= 15 is 0 Å². The van der Waals surface area contributed by atoms with Gasteiger partial charge in [-0.25, -0.2) is 0 Å². The molecule has 1 aliphatic heterocycles. The third-order valence-corrected chi connectivity index (χ3v) is 3.00. The van der Waals surface area contributed by atoms with Gasteiger partial charge in [0.2, 0.25) is 17.7 Å². The zero-order valence-corrected chi connectivity index (χ0v) is 11.1. The lowest BCUT2D eigenvalue weighted by atomic mass is 10.1. The van der Waals surface area contributed by atoms with Gasteiger partial charge in [0.15, 0.2) is 0 Å². The van der Waals surface area contributed by atoms with Crippen LogP contribution in [0.1, 0.15) is 25.7 Å². The Morgan fingerprint density at radius 2 is 1.68 bits per heavy atom. The number of carbonyl (C=O) groups is 3. The molecular weight excluding hydrogens is 248 g/mol. The van der Waals surface area contributed by atoms with E-state index in [1.807, 2.05) is 4.90 Å². The molecule has 4 N–H and O–H groups in total. The molecular formula is C12H22N4O3. The van der Waals surface area contributed by atoms with E-state index in [1.54, 1.807) is 0 Å². The molecule has 0 aromatic carbocycles. The second kappa shape index (κ2) is 8.47. The molecule has 108 valence electrons. The van der Waals surface area contributed by atoms with Crippen molar-refractivity contribution in [1.29, 1.82) is 0 Å². The average molecular weight is 270 g/mol. The summed E-state index contributed by atoms with van der Waals surface area (Å²) in [5.74, 6) is -0.612. The van der Waals surface area contributed by atoms with Crippen molar-refractivity contribution in [2.45, 2.75) is 25.7 Å². The van der Waals surface area contributed by atoms with Crippen molar-refractivity contribution in [2.75, 3.05) is 32.7 Å². The van der Waals surface area contributed by atoms with Crippen LogP contribution in [0, 0.1) is 0 Å². The van der Waals surface area contributed by atoms with Crippen molar-refractivity contribution in [3.8, 4) is 0 Å². The molecule has 1 aliphatic rings. The number of rotatable bonds is 6. The molecule has 19 heavy (non-hydrogen) atoms. The zero-order chi connectivity index (χ0) is 14.1. The Morgan fingerprint density at radius 3 is 2.32 bits per heavy atom. The fourth-order valence-corrected chi connectivity index (χ4v) is 1.92. The van der Waals surface area contributed by atoms with Gasteiger partial charge in [-0.2, -0.15) is 0 Å². The van der Waals surface area contributed by atoms with Gasteiger partial charge < -0.3 is 21.3 Å². The van der Waals surface area contributed by atoms with E-state index < -0.39 is 0 Å². The first-order valence-corrected chi connectivity index (χ1v) is 6.64. The first-order valence-electron chi connectivity index (χ1n) is 6.64. The van der Waals surface area contributed by atoms with E-state index in [1.165, 1.54) is 6.42 Å². The number of nitrogens with one attached hydrogen (secondary N) is 2. The first-order chi connectivity index (χ1) is 9.13. The van der Waals surface area contributed by atoms with Crippen LogP contribution in [-0.4, -0.2) is 55.3 Å². The molecule has 0 aromatic rings. The normalized spacial score (nSPS) is 14.9. The van der Waals surface area contributed by atoms with Gasteiger partial charge in [0, 0.05) is 26.1 Å². The minimum atomic E-state index is -0.375. The number of nitrogens with zero attached hydrogens (tertiary/aromatic N) is 1. The number of carbonyl (C=O) groups excluding carboxylic acids is 3. The van der Waals surface area contributed by atoms with Crippen molar-refractivity contribution < 1.29 is 14.4 Å². The monoisotopic (exact) mass is 270 g/mol. The molecule has 1 saturated heterocycles. The van der Waals surface area contributed by atoms with Crippen LogP contribution in [-0.2, 0) is 14.4 Å². The number of hydrogen-bond acceptors (Lipinski definition) is 4. The molecule has 3 amide bonds. The summed E-state index contributed by atoms with van der Waals surface area (Å²) in [6, 6.07) is 0. The van der Waals surface area contributed by atoms with Crippen LogP contribution in [0.3, 0.4) is 0 Å². The molecule has 1 fully saturated rings. The predicted molar refractivity (Wildman–Crippen MR) is 70.1 cm³/mol. The number of likely N-dealkylation sites (tertiary alicyclic amines) is 1. The lowest BCUT2D eigenvalue weighted by Crippen LogP contribution is -2.41. The highest BCUT2D eigenvalue weighted by Gasteiger charge is 2.16. The van der Waals surface area contributed by atoms with Crippen LogP contribution < -0.4 is 16.4 Å². The van der Waals surface area contributed by atoms with Gasteiger partial charge in [-0.05, 0) is 19.3 Å². The standard InChI is InChI=1S/C12H22N4O3/c13-8-10(17)15-9-11(18)14-5-4-12(19)16-6-2-1-3-7-16/h1-9,13H2,(H,14,18)(H,15,17). The highest BCUT2D eigenvalue weighted by Crippen LogP contribution is 2.09. The minimum absolute atomic E-state index is 0.0750. The van der Waals surface area contributed by atoms with Gasteiger partial charge in [-0.3, -0.25) is 14.4 Å². The maximum Gasteiger partial charge on any atom is 0.239 e. The zero-order valence-electron chi connectivity index (χ0n) is 11.1. The largest absolute Gasteiger partial charge is 0.354 e. The Labute approximate surface area is 112 Å². The van der Waals surface area contributed by atoms with Crippen molar-refractivity contribution >= 4 is 17.7 Å². The van der Waals surface area contributed by atoms with E-state index in [9.17, 15) is 14.4 Å². The lowest BCUT2D eigenvalue weighted by Gasteiger charge is -2.26. The van der Waals surface area contributed by atoms with Gasteiger partial charge in [0.25, 0.3) is 0 Å². The highest BCUT2D eigenvalue weighted by atomic mass is 16.2. The third kappa shape index (κ3) is 6.19. The van der Waals surface area contributed by atoms with Crippen LogP contribution in [0.15, 0.2) is 0 Å². The Morgan fingerprint density at radius 1 is 1.00 bits per heavy atom. The van der Waals surface area contributed by atoms with Crippen LogP contribution >= 0.6 is 0 Å². The second-order valence-corrected chi connectivity index (χ2v) is 4.52. The molecule has 0 atom stereocenters. The summed E-state index contributed by atoms with van der Waals surface area (Å²) >= 11 is 0. The van der Waals surface area contributed by atoms with Crippen LogP contribution in [0.2, 0.25) is 0 Å². The fraction of sp³-hybridized carbons (Fsp3) is 0.750. The molecule has 0 spiro atoms. The summed E-state index contributed by atoms with van der Waals surface area (Å²) < 4.78 is 0. The Bertz CT molecular complexity index is 327. The molecule has 0 aliphatic carbocycles. The summed E-state index contributed by atoms with van der Waals surface area (Å²) in [6.07, 6.45) is 3.60. The number of amides is 3. The van der Waals surface area contributed by atoms with Crippen molar-refractivity contribution in [1.82, 2.24) is 15.5 Å². The Balaban J connectivity index is 2.10. The van der Waals surface area contributed by atoms with Crippen molar-refractivity contribution in [2.24, 2.45) is 5.73 Å². The second-order valence-electron chi connectivity index (χ2n) is 4.52. The summed E-state index contributed by atoms with van der Waals surface area (Å²) in [5.41, 5.74) is 5.09. The SMILES string of the molecule is NCC(=O)NCC(=O)NCCC(=O)N1CCCCC1. The third-order valence-electron chi connectivity index (χ3n) is 3.00. The molecule has 0 aromatic heterocycles. The number of nitrogens with two attached hydrogens (primary N) is 1.